The number of fused-ring (bicyclic) bond motifs is 1. The molecule has 1 aliphatic heterocycles. The first-order valence-electron chi connectivity index (χ1n) is 9.81. The van der Waals surface area contributed by atoms with Crippen LogP contribution in [0.2, 0.25) is 5.02 Å². The summed E-state index contributed by atoms with van der Waals surface area (Å²) in [6, 6.07) is 22.9. The Labute approximate surface area is 193 Å². The molecule has 0 aliphatic carbocycles. The van der Waals surface area contributed by atoms with Crippen LogP contribution in [0.1, 0.15) is 0 Å². The molecule has 1 amide bonds. The Balaban J connectivity index is 1.34. The summed E-state index contributed by atoms with van der Waals surface area (Å²) in [4.78, 5) is 17.2. The molecule has 32 heavy (non-hydrogen) atoms. The number of aromatic nitrogens is 1. The van der Waals surface area contributed by atoms with Crippen LogP contribution in [0.3, 0.4) is 0 Å². The molecule has 0 bridgehead atoms. The maximum absolute atomic E-state index is 12.5. The van der Waals surface area contributed by atoms with Gasteiger partial charge in [-0.3, -0.25) is 4.79 Å². The molecule has 0 saturated carbocycles. The van der Waals surface area contributed by atoms with Gasteiger partial charge in [0.25, 0.3) is 5.22 Å². The second-order valence-electron chi connectivity index (χ2n) is 6.91. The molecule has 0 saturated heterocycles. The lowest BCUT2D eigenvalue weighted by Crippen LogP contribution is -2.14. The molecule has 160 valence electrons. The predicted molar refractivity (Wildman–Crippen MR) is 124 cm³/mol. The number of ether oxygens (including phenoxy) is 2. The van der Waals surface area contributed by atoms with Crippen LogP contribution in [0.15, 0.2) is 82.4 Å². The van der Waals surface area contributed by atoms with Crippen molar-refractivity contribution in [2.45, 2.75) is 5.22 Å². The number of hydrogen-bond donors (Lipinski definition) is 1. The number of nitrogens with one attached hydrogen (secondary N) is 1. The molecule has 4 aromatic rings. The third-order valence-corrected chi connectivity index (χ3v) is 5.89. The number of carbonyl (C=O) groups excluding carboxylic acids is 1. The molecule has 0 fully saturated rings. The molecule has 5 rings (SSSR count). The van der Waals surface area contributed by atoms with Crippen molar-refractivity contribution < 1.29 is 18.7 Å². The average Bonchev–Trinajstić information content (AvgIpc) is 3.46. The number of carbonyl (C=O) groups is 1. The SMILES string of the molecule is O=C(CSc1nc(-c2ccccc2)c(-c2ccccc2)o1)Nc1cc2c(cc1Cl)OCO2. The van der Waals surface area contributed by atoms with Crippen LogP contribution in [0.25, 0.3) is 22.6 Å². The van der Waals surface area contributed by atoms with Crippen LogP contribution in [0, 0.1) is 0 Å². The number of benzene rings is 3. The number of nitrogens with zero attached hydrogens (tertiary/aromatic N) is 1. The van der Waals surface area contributed by atoms with E-state index in [4.69, 9.17) is 25.5 Å². The van der Waals surface area contributed by atoms with Crippen LogP contribution >= 0.6 is 23.4 Å². The van der Waals surface area contributed by atoms with Crippen molar-refractivity contribution in [1.82, 2.24) is 4.98 Å². The van der Waals surface area contributed by atoms with Gasteiger partial charge in [0.2, 0.25) is 12.7 Å². The first kappa shape index (κ1) is 20.5. The van der Waals surface area contributed by atoms with Gasteiger partial charge in [-0.15, -0.1) is 0 Å². The number of rotatable bonds is 6. The summed E-state index contributed by atoms with van der Waals surface area (Å²) in [6.45, 7) is 0.135. The standard InChI is InChI=1S/C24H17ClN2O4S/c25-17-11-19-20(30-14-29-19)12-18(17)26-21(28)13-32-24-27-22(15-7-3-1-4-8-15)23(31-24)16-9-5-2-6-10-16/h1-12H,13-14H2,(H,26,28). The highest BCUT2D eigenvalue weighted by Gasteiger charge is 2.20. The molecule has 0 radical (unpaired) electrons. The lowest BCUT2D eigenvalue weighted by atomic mass is 10.1. The van der Waals surface area contributed by atoms with Crippen LogP contribution in [0.4, 0.5) is 5.69 Å². The zero-order valence-electron chi connectivity index (χ0n) is 16.7. The van der Waals surface area contributed by atoms with Crippen LogP contribution in [-0.2, 0) is 4.79 Å². The highest BCUT2D eigenvalue weighted by atomic mass is 35.5. The van der Waals surface area contributed by atoms with Gasteiger partial charge < -0.3 is 19.2 Å². The molecule has 2 heterocycles. The van der Waals surface area contributed by atoms with Crippen molar-refractivity contribution in [1.29, 1.82) is 0 Å². The van der Waals surface area contributed by atoms with Crippen molar-refractivity contribution in [2.24, 2.45) is 0 Å². The van der Waals surface area contributed by atoms with E-state index in [1.165, 1.54) is 11.8 Å². The summed E-state index contributed by atoms with van der Waals surface area (Å²) in [5.41, 5.74) is 3.06. The molecule has 1 aliphatic rings. The van der Waals surface area contributed by atoms with E-state index in [1.807, 2.05) is 60.7 Å². The van der Waals surface area contributed by atoms with E-state index in [9.17, 15) is 4.79 Å². The largest absolute Gasteiger partial charge is 0.454 e. The number of thioether (sulfide) groups is 1. The van der Waals surface area contributed by atoms with Gasteiger partial charge in [-0.2, -0.15) is 0 Å². The average molecular weight is 465 g/mol. The monoisotopic (exact) mass is 464 g/mol. The highest BCUT2D eigenvalue weighted by molar-refractivity contribution is 7.99. The van der Waals surface area contributed by atoms with E-state index in [2.05, 4.69) is 10.3 Å². The Bertz CT molecular complexity index is 1200. The summed E-state index contributed by atoms with van der Waals surface area (Å²) < 4.78 is 16.7. The predicted octanol–water partition coefficient (Wildman–Crippen LogP) is 6.12. The zero-order valence-corrected chi connectivity index (χ0v) is 18.3. The van der Waals surface area contributed by atoms with E-state index < -0.39 is 0 Å². The fraction of sp³-hybridized carbons (Fsp3) is 0.0833. The molecular formula is C24H17ClN2O4S. The lowest BCUT2D eigenvalue weighted by molar-refractivity contribution is -0.113. The number of hydrogen-bond acceptors (Lipinski definition) is 6. The van der Waals surface area contributed by atoms with Crippen molar-refractivity contribution in [3.05, 3.63) is 77.8 Å². The molecule has 0 spiro atoms. The molecule has 1 N–H and O–H groups in total. The van der Waals surface area contributed by atoms with Gasteiger partial charge in [-0.1, -0.05) is 84.0 Å². The Morgan fingerprint density at radius 2 is 1.62 bits per heavy atom. The molecule has 0 unspecified atom stereocenters. The third kappa shape index (κ3) is 4.30. The van der Waals surface area contributed by atoms with E-state index in [0.29, 0.717) is 33.2 Å². The van der Waals surface area contributed by atoms with Crippen molar-refractivity contribution in [3.63, 3.8) is 0 Å². The van der Waals surface area contributed by atoms with Crippen molar-refractivity contribution in [2.75, 3.05) is 17.9 Å². The number of halogens is 1. The van der Waals surface area contributed by atoms with Crippen LogP contribution < -0.4 is 14.8 Å². The Hall–Kier alpha value is -3.42. The van der Waals surface area contributed by atoms with Gasteiger partial charge >= 0.3 is 0 Å². The van der Waals surface area contributed by atoms with Crippen LogP contribution in [-0.4, -0.2) is 23.4 Å². The Morgan fingerprint density at radius 3 is 2.34 bits per heavy atom. The van der Waals surface area contributed by atoms with Crippen molar-refractivity contribution >= 4 is 35.0 Å². The summed E-state index contributed by atoms with van der Waals surface area (Å²) >= 11 is 7.46. The van der Waals surface area contributed by atoms with Gasteiger partial charge in [-0.05, 0) is 0 Å². The maximum Gasteiger partial charge on any atom is 0.257 e. The minimum Gasteiger partial charge on any atom is -0.454 e. The minimum absolute atomic E-state index is 0.105. The first-order valence-corrected chi connectivity index (χ1v) is 11.2. The summed E-state index contributed by atoms with van der Waals surface area (Å²) in [5.74, 6) is 1.64. The second kappa shape index (κ2) is 8.98. The van der Waals surface area contributed by atoms with Crippen molar-refractivity contribution in [3.8, 4) is 34.1 Å². The lowest BCUT2D eigenvalue weighted by Gasteiger charge is -2.07. The van der Waals surface area contributed by atoms with E-state index in [0.717, 1.165) is 16.8 Å². The fourth-order valence-electron chi connectivity index (χ4n) is 3.27. The molecule has 1 aromatic heterocycles. The summed E-state index contributed by atoms with van der Waals surface area (Å²) in [7, 11) is 0. The van der Waals surface area contributed by atoms with E-state index >= 15 is 0 Å². The van der Waals surface area contributed by atoms with Crippen LogP contribution in [0.5, 0.6) is 11.5 Å². The topological polar surface area (TPSA) is 73.6 Å². The number of oxazole rings is 1. The third-order valence-electron chi connectivity index (χ3n) is 4.75. The van der Waals surface area contributed by atoms with Gasteiger partial charge in [0.1, 0.15) is 5.69 Å². The molecule has 8 heteroatoms. The minimum atomic E-state index is -0.239. The smallest absolute Gasteiger partial charge is 0.257 e. The Kier molecular flexibility index (Phi) is 5.75. The Morgan fingerprint density at radius 1 is 0.969 bits per heavy atom. The molecule has 0 atom stereocenters. The normalized spacial score (nSPS) is 12.0. The number of anilines is 1. The number of amides is 1. The molecule has 6 nitrogen and oxygen atoms in total. The summed E-state index contributed by atoms with van der Waals surface area (Å²) in [6.07, 6.45) is 0. The molecular weight excluding hydrogens is 448 g/mol. The van der Waals surface area contributed by atoms with Gasteiger partial charge in [-0.25, -0.2) is 4.98 Å². The van der Waals surface area contributed by atoms with E-state index in [1.54, 1.807) is 12.1 Å². The highest BCUT2D eigenvalue weighted by Crippen LogP contribution is 2.39. The second-order valence-corrected chi connectivity index (χ2v) is 8.25. The quantitative estimate of drug-likeness (QED) is 0.346. The van der Waals surface area contributed by atoms with Gasteiger partial charge in [0.05, 0.1) is 16.5 Å². The maximum atomic E-state index is 12.5. The van der Waals surface area contributed by atoms with Gasteiger partial charge in [0.15, 0.2) is 17.3 Å². The fourth-order valence-corrected chi connectivity index (χ4v) is 4.09. The first-order chi connectivity index (χ1) is 15.7. The zero-order chi connectivity index (χ0) is 21.9. The van der Waals surface area contributed by atoms with Gasteiger partial charge in [0, 0.05) is 23.3 Å². The van der Waals surface area contributed by atoms with E-state index in [-0.39, 0.29) is 18.5 Å². The summed E-state index contributed by atoms with van der Waals surface area (Å²) in [5, 5.41) is 3.59. The molecule has 3 aromatic carbocycles.